The SMILES string of the molecule is O=C(NN1CCCCC1)C(=Cc1ccccc1)[N+](=O)[O-]. The second-order valence-corrected chi connectivity index (χ2v) is 4.69. The summed E-state index contributed by atoms with van der Waals surface area (Å²) in [6.07, 6.45) is 4.42. The van der Waals surface area contributed by atoms with Gasteiger partial charge >= 0.3 is 11.6 Å². The first-order valence-electron chi connectivity index (χ1n) is 6.64. The van der Waals surface area contributed by atoms with Crippen molar-refractivity contribution in [3.63, 3.8) is 0 Å². The molecule has 1 aliphatic rings. The molecule has 0 aliphatic carbocycles. The van der Waals surface area contributed by atoms with Gasteiger partial charge in [0, 0.05) is 19.2 Å². The maximum atomic E-state index is 12.0. The maximum absolute atomic E-state index is 12.0. The average molecular weight is 275 g/mol. The Kier molecular flexibility index (Phi) is 4.84. The Bertz CT molecular complexity index is 508. The zero-order valence-corrected chi connectivity index (χ0v) is 11.1. The molecule has 20 heavy (non-hydrogen) atoms. The number of nitrogens with one attached hydrogen (secondary N) is 1. The highest BCUT2D eigenvalue weighted by atomic mass is 16.6. The minimum absolute atomic E-state index is 0.443. The van der Waals surface area contributed by atoms with E-state index in [1.807, 2.05) is 6.07 Å². The Labute approximate surface area is 117 Å². The normalized spacial score (nSPS) is 16.7. The fourth-order valence-corrected chi connectivity index (χ4v) is 2.11. The van der Waals surface area contributed by atoms with Gasteiger partial charge in [-0.2, -0.15) is 0 Å². The summed E-state index contributed by atoms with van der Waals surface area (Å²) in [6.45, 7) is 1.48. The predicted molar refractivity (Wildman–Crippen MR) is 75.0 cm³/mol. The lowest BCUT2D eigenvalue weighted by molar-refractivity contribution is -0.417. The van der Waals surface area contributed by atoms with Gasteiger partial charge in [0.15, 0.2) is 0 Å². The van der Waals surface area contributed by atoms with Crippen LogP contribution in [0.2, 0.25) is 0 Å². The standard InChI is InChI=1S/C14H17N3O3/c18-14(15-16-9-5-2-6-10-16)13(17(19)20)11-12-7-3-1-4-8-12/h1,3-4,7-8,11H,2,5-6,9-10H2,(H,15,18). The highest BCUT2D eigenvalue weighted by Crippen LogP contribution is 2.10. The molecule has 0 atom stereocenters. The number of amides is 1. The van der Waals surface area contributed by atoms with Crippen LogP contribution in [-0.4, -0.2) is 28.9 Å². The van der Waals surface area contributed by atoms with Crippen LogP contribution in [0.25, 0.3) is 6.08 Å². The number of rotatable bonds is 4. The van der Waals surface area contributed by atoms with Crippen LogP contribution in [0.5, 0.6) is 0 Å². The highest BCUT2D eigenvalue weighted by Gasteiger charge is 2.24. The highest BCUT2D eigenvalue weighted by molar-refractivity contribution is 5.95. The molecule has 2 rings (SSSR count). The smallest absolute Gasteiger partial charge is 0.279 e. The molecule has 1 aromatic carbocycles. The summed E-state index contributed by atoms with van der Waals surface area (Å²) < 4.78 is 0. The number of hydrogen-bond donors (Lipinski definition) is 1. The molecule has 6 heteroatoms. The molecular weight excluding hydrogens is 258 g/mol. The number of hydrazine groups is 1. The van der Waals surface area contributed by atoms with Crippen molar-refractivity contribution in [3.05, 3.63) is 51.7 Å². The van der Waals surface area contributed by atoms with Crippen molar-refractivity contribution in [2.24, 2.45) is 0 Å². The van der Waals surface area contributed by atoms with Crippen LogP contribution in [0, 0.1) is 10.1 Å². The van der Waals surface area contributed by atoms with E-state index in [4.69, 9.17) is 0 Å². The molecule has 0 radical (unpaired) electrons. The number of carbonyl (C=O) groups excluding carboxylic acids is 1. The minimum atomic E-state index is -0.666. The average Bonchev–Trinajstić information content (AvgIpc) is 2.46. The molecule has 6 nitrogen and oxygen atoms in total. The minimum Gasteiger partial charge on any atom is -0.279 e. The lowest BCUT2D eigenvalue weighted by Crippen LogP contribution is -2.46. The molecule has 1 aliphatic heterocycles. The van der Waals surface area contributed by atoms with Crippen molar-refractivity contribution in [2.45, 2.75) is 19.3 Å². The molecule has 0 saturated carbocycles. The lowest BCUT2D eigenvalue weighted by Gasteiger charge is -2.26. The summed E-state index contributed by atoms with van der Waals surface area (Å²) in [4.78, 5) is 22.4. The summed E-state index contributed by atoms with van der Waals surface area (Å²) in [5.74, 6) is -0.666. The zero-order chi connectivity index (χ0) is 14.4. The van der Waals surface area contributed by atoms with Crippen molar-refractivity contribution in [1.82, 2.24) is 10.4 Å². The summed E-state index contributed by atoms with van der Waals surface area (Å²) in [7, 11) is 0. The van der Waals surface area contributed by atoms with E-state index in [0.29, 0.717) is 5.56 Å². The van der Waals surface area contributed by atoms with Gasteiger partial charge in [0.25, 0.3) is 0 Å². The van der Waals surface area contributed by atoms with Gasteiger partial charge in [-0.1, -0.05) is 36.8 Å². The molecule has 1 aromatic rings. The second-order valence-electron chi connectivity index (χ2n) is 4.69. The molecule has 1 saturated heterocycles. The van der Waals surface area contributed by atoms with Crippen LogP contribution in [0.4, 0.5) is 0 Å². The quantitative estimate of drug-likeness (QED) is 0.516. The summed E-state index contributed by atoms with van der Waals surface area (Å²) in [5, 5.41) is 12.8. The summed E-state index contributed by atoms with van der Waals surface area (Å²) >= 11 is 0. The van der Waals surface area contributed by atoms with Gasteiger partial charge in [0.1, 0.15) is 0 Å². The number of benzene rings is 1. The van der Waals surface area contributed by atoms with Crippen LogP contribution in [0.3, 0.4) is 0 Å². The number of piperidine rings is 1. The van der Waals surface area contributed by atoms with Gasteiger partial charge in [0.2, 0.25) is 0 Å². The van der Waals surface area contributed by atoms with E-state index >= 15 is 0 Å². The Balaban J connectivity index is 2.10. The van der Waals surface area contributed by atoms with E-state index in [9.17, 15) is 14.9 Å². The fraction of sp³-hybridized carbons (Fsp3) is 0.357. The molecule has 0 spiro atoms. The number of carbonyl (C=O) groups is 1. The van der Waals surface area contributed by atoms with E-state index in [1.54, 1.807) is 29.3 Å². The van der Waals surface area contributed by atoms with Crippen molar-refractivity contribution in [2.75, 3.05) is 13.1 Å². The molecular formula is C14H17N3O3. The van der Waals surface area contributed by atoms with E-state index < -0.39 is 16.5 Å². The third-order valence-corrected chi connectivity index (χ3v) is 3.15. The van der Waals surface area contributed by atoms with Crippen molar-refractivity contribution < 1.29 is 9.72 Å². The Morgan fingerprint density at radius 2 is 1.85 bits per heavy atom. The fourth-order valence-electron chi connectivity index (χ4n) is 2.11. The van der Waals surface area contributed by atoms with Gasteiger partial charge in [0.05, 0.1) is 4.92 Å². The molecule has 0 bridgehead atoms. The van der Waals surface area contributed by atoms with Gasteiger partial charge in [-0.05, 0) is 18.4 Å². The summed E-state index contributed by atoms with van der Waals surface area (Å²) in [6, 6.07) is 8.80. The molecule has 1 amide bonds. The Morgan fingerprint density at radius 3 is 2.45 bits per heavy atom. The lowest BCUT2D eigenvalue weighted by atomic mass is 10.1. The van der Waals surface area contributed by atoms with E-state index in [-0.39, 0.29) is 0 Å². The van der Waals surface area contributed by atoms with Gasteiger partial charge < -0.3 is 0 Å². The predicted octanol–water partition coefficient (Wildman–Crippen LogP) is 1.82. The van der Waals surface area contributed by atoms with Crippen LogP contribution >= 0.6 is 0 Å². The third kappa shape index (κ3) is 3.89. The monoisotopic (exact) mass is 275 g/mol. The van der Waals surface area contributed by atoms with Crippen molar-refractivity contribution in [3.8, 4) is 0 Å². The van der Waals surface area contributed by atoms with Gasteiger partial charge in [-0.15, -0.1) is 0 Å². The maximum Gasteiger partial charge on any atom is 0.336 e. The Hall–Kier alpha value is -2.21. The topological polar surface area (TPSA) is 75.5 Å². The van der Waals surface area contributed by atoms with Gasteiger partial charge in [-0.25, -0.2) is 5.01 Å². The largest absolute Gasteiger partial charge is 0.336 e. The van der Waals surface area contributed by atoms with E-state index in [2.05, 4.69) is 5.43 Å². The Morgan fingerprint density at radius 1 is 1.20 bits per heavy atom. The molecule has 1 fully saturated rings. The number of nitro groups is 1. The third-order valence-electron chi connectivity index (χ3n) is 3.15. The molecule has 0 aromatic heterocycles. The van der Waals surface area contributed by atoms with Crippen LogP contribution < -0.4 is 5.43 Å². The van der Waals surface area contributed by atoms with E-state index in [0.717, 1.165) is 32.4 Å². The number of nitrogens with zero attached hydrogens (tertiary/aromatic N) is 2. The van der Waals surface area contributed by atoms with Crippen LogP contribution in [0.15, 0.2) is 36.0 Å². The summed E-state index contributed by atoms with van der Waals surface area (Å²) in [5.41, 5.74) is 2.79. The molecule has 0 unspecified atom stereocenters. The van der Waals surface area contributed by atoms with E-state index in [1.165, 1.54) is 6.08 Å². The second kappa shape index (κ2) is 6.81. The number of hydrogen-bond acceptors (Lipinski definition) is 4. The van der Waals surface area contributed by atoms with Crippen LogP contribution in [-0.2, 0) is 4.79 Å². The molecule has 1 N–H and O–H groups in total. The zero-order valence-electron chi connectivity index (χ0n) is 11.1. The van der Waals surface area contributed by atoms with Crippen molar-refractivity contribution >= 4 is 12.0 Å². The van der Waals surface area contributed by atoms with Crippen molar-refractivity contribution in [1.29, 1.82) is 0 Å². The first-order valence-corrected chi connectivity index (χ1v) is 6.64. The van der Waals surface area contributed by atoms with Crippen LogP contribution in [0.1, 0.15) is 24.8 Å². The molecule has 106 valence electrons. The first kappa shape index (κ1) is 14.2. The van der Waals surface area contributed by atoms with Gasteiger partial charge in [-0.3, -0.25) is 20.3 Å². The molecule has 1 heterocycles. The first-order chi connectivity index (χ1) is 9.66.